The molecule has 0 aliphatic rings. The lowest BCUT2D eigenvalue weighted by Gasteiger charge is -2.17. The van der Waals surface area contributed by atoms with Gasteiger partial charge in [0.15, 0.2) is 11.7 Å². The molecule has 0 amide bonds. The molecule has 0 aliphatic heterocycles. The molecule has 0 fully saturated rings. The summed E-state index contributed by atoms with van der Waals surface area (Å²) in [7, 11) is -2.68. The van der Waals surface area contributed by atoms with Gasteiger partial charge in [-0.25, -0.2) is 0 Å². The summed E-state index contributed by atoms with van der Waals surface area (Å²) in [6.45, 7) is 5.49. The van der Waals surface area contributed by atoms with Crippen molar-refractivity contribution in [2.45, 2.75) is 64.4 Å². The molecule has 1 unspecified atom stereocenters. The molecule has 0 saturated carbocycles. The van der Waals surface area contributed by atoms with E-state index in [1.165, 1.54) is 50.2 Å². The van der Waals surface area contributed by atoms with Crippen LogP contribution in [0.1, 0.15) is 57.4 Å². The van der Waals surface area contributed by atoms with E-state index in [1.54, 1.807) is 0 Å². The number of ether oxygens (including phenoxy) is 3. The number of hydrogen-bond acceptors (Lipinski definition) is 7. The van der Waals surface area contributed by atoms with E-state index in [0.29, 0.717) is 5.75 Å². The monoisotopic (exact) mass is 456 g/mol. The number of rotatable bonds is 19. The number of aryl methyl sites for hydroxylation is 1. The molecule has 1 rings (SSSR count). The average molecular weight is 457 g/mol. The Morgan fingerprint density at radius 3 is 2.42 bits per heavy atom. The zero-order valence-corrected chi connectivity index (χ0v) is 19.5. The molecular formula is C23H36O7S. The van der Waals surface area contributed by atoms with E-state index >= 15 is 0 Å². The lowest BCUT2D eigenvalue weighted by atomic mass is 10.0. The van der Waals surface area contributed by atoms with Crippen LogP contribution >= 0.6 is 0 Å². The maximum absolute atomic E-state index is 11.7. The van der Waals surface area contributed by atoms with Gasteiger partial charge in [0.2, 0.25) is 0 Å². The molecule has 0 bridgehead atoms. The van der Waals surface area contributed by atoms with Gasteiger partial charge >= 0.3 is 0 Å². The third-order valence-electron chi connectivity index (χ3n) is 4.70. The van der Waals surface area contributed by atoms with Gasteiger partial charge < -0.3 is 14.2 Å². The second-order valence-corrected chi connectivity index (χ2v) is 8.98. The predicted octanol–water partition coefficient (Wildman–Crippen LogP) is 4.41. The third kappa shape index (κ3) is 13.3. The Balaban J connectivity index is 2.42. The highest BCUT2D eigenvalue weighted by atomic mass is 32.2. The molecule has 8 heteroatoms. The van der Waals surface area contributed by atoms with E-state index in [1.807, 2.05) is 24.3 Å². The Kier molecular flexibility index (Phi) is 14.1. The highest BCUT2D eigenvalue weighted by Gasteiger charge is 2.15. The molecule has 1 aromatic rings. The Labute approximate surface area is 186 Å². The van der Waals surface area contributed by atoms with Crippen molar-refractivity contribution >= 4 is 15.9 Å². The van der Waals surface area contributed by atoms with Crippen LogP contribution in [0.25, 0.3) is 0 Å². The van der Waals surface area contributed by atoms with Crippen molar-refractivity contribution in [3.05, 3.63) is 42.5 Å². The molecule has 0 heterocycles. The van der Waals surface area contributed by atoms with Crippen molar-refractivity contribution < 1.29 is 31.6 Å². The van der Waals surface area contributed by atoms with Gasteiger partial charge in [0.25, 0.3) is 10.1 Å². The van der Waals surface area contributed by atoms with Crippen LogP contribution in [0, 0.1) is 0 Å². The van der Waals surface area contributed by atoms with Crippen LogP contribution < -0.4 is 4.74 Å². The zero-order chi connectivity index (χ0) is 23.0. The summed E-state index contributed by atoms with van der Waals surface area (Å²) < 4.78 is 42.9. The van der Waals surface area contributed by atoms with Crippen molar-refractivity contribution in [1.29, 1.82) is 0 Å². The molecule has 0 aromatic heterocycles. The Hall–Kier alpha value is -1.74. The number of hydrogen-bond donors (Lipinski definition) is 0. The van der Waals surface area contributed by atoms with Crippen LogP contribution in [-0.2, 0) is 35.0 Å². The SMILES string of the molecule is C=CC(=O)CC(COc1ccc(CCCCCCCC)cc1)OCOCS(=O)(=O)OC. The number of carbonyl (C=O) groups excluding carboxylic acids is 1. The van der Waals surface area contributed by atoms with Crippen molar-refractivity contribution in [2.24, 2.45) is 0 Å². The number of carbonyl (C=O) groups is 1. The second kappa shape index (κ2) is 16.0. The highest BCUT2D eigenvalue weighted by Crippen LogP contribution is 2.16. The molecule has 0 aliphatic carbocycles. The zero-order valence-electron chi connectivity index (χ0n) is 18.7. The van der Waals surface area contributed by atoms with Crippen LogP contribution in [0.4, 0.5) is 0 Å². The predicted molar refractivity (Wildman–Crippen MR) is 120 cm³/mol. The van der Waals surface area contributed by atoms with Gasteiger partial charge in [-0.3, -0.25) is 8.98 Å². The van der Waals surface area contributed by atoms with E-state index < -0.39 is 22.2 Å². The molecule has 31 heavy (non-hydrogen) atoms. The molecule has 1 atom stereocenters. The fourth-order valence-electron chi connectivity index (χ4n) is 2.85. The van der Waals surface area contributed by atoms with Crippen molar-refractivity contribution in [1.82, 2.24) is 0 Å². The van der Waals surface area contributed by atoms with Gasteiger partial charge in [0.05, 0.1) is 7.11 Å². The fourth-order valence-corrected chi connectivity index (χ4v) is 3.22. The van der Waals surface area contributed by atoms with Gasteiger partial charge in [-0.2, -0.15) is 8.42 Å². The molecule has 1 aromatic carbocycles. The van der Waals surface area contributed by atoms with Crippen LogP contribution in [0.15, 0.2) is 36.9 Å². The number of benzene rings is 1. The van der Waals surface area contributed by atoms with E-state index in [-0.39, 0.29) is 25.6 Å². The second-order valence-electron chi connectivity index (χ2n) is 7.30. The minimum Gasteiger partial charge on any atom is -0.491 e. The number of unbranched alkanes of at least 4 members (excludes halogenated alkanes) is 5. The normalized spacial score (nSPS) is 12.5. The van der Waals surface area contributed by atoms with Crippen molar-refractivity contribution in [3.8, 4) is 5.75 Å². The Morgan fingerprint density at radius 1 is 1.10 bits per heavy atom. The van der Waals surface area contributed by atoms with Gasteiger partial charge in [-0.05, 0) is 36.6 Å². The first-order valence-corrected chi connectivity index (χ1v) is 12.3. The third-order valence-corrected chi connectivity index (χ3v) is 5.67. The number of ketones is 1. The van der Waals surface area contributed by atoms with Crippen LogP contribution in [0.5, 0.6) is 5.75 Å². The largest absolute Gasteiger partial charge is 0.491 e. The topological polar surface area (TPSA) is 88.1 Å². The van der Waals surface area contributed by atoms with E-state index in [9.17, 15) is 13.2 Å². The summed E-state index contributed by atoms with van der Waals surface area (Å²) in [6.07, 6.45) is 9.33. The molecule has 7 nitrogen and oxygen atoms in total. The lowest BCUT2D eigenvalue weighted by molar-refractivity contribution is -0.124. The molecule has 0 radical (unpaired) electrons. The first-order valence-electron chi connectivity index (χ1n) is 10.7. The quantitative estimate of drug-likeness (QED) is 0.132. The minimum atomic E-state index is -3.73. The van der Waals surface area contributed by atoms with E-state index in [2.05, 4.69) is 17.7 Å². The first kappa shape index (κ1) is 27.3. The van der Waals surface area contributed by atoms with Crippen molar-refractivity contribution in [2.75, 3.05) is 26.4 Å². The Morgan fingerprint density at radius 2 is 1.77 bits per heavy atom. The summed E-state index contributed by atoms with van der Waals surface area (Å²) in [6, 6.07) is 7.90. The summed E-state index contributed by atoms with van der Waals surface area (Å²) in [5.41, 5.74) is 1.27. The minimum absolute atomic E-state index is 0.0556. The maximum Gasteiger partial charge on any atom is 0.291 e. The average Bonchev–Trinajstić information content (AvgIpc) is 2.77. The maximum atomic E-state index is 11.7. The highest BCUT2D eigenvalue weighted by molar-refractivity contribution is 7.86. The summed E-state index contributed by atoms with van der Waals surface area (Å²) >= 11 is 0. The summed E-state index contributed by atoms with van der Waals surface area (Å²) in [5.74, 6) is -0.159. The number of allylic oxidation sites excluding steroid dienone is 1. The molecule has 0 N–H and O–H groups in total. The Bertz CT molecular complexity index is 729. The first-order chi connectivity index (χ1) is 14.9. The van der Waals surface area contributed by atoms with Gasteiger partial charge in [0.1, 0.15) is 25.3 Å². The van der Waals surface area contributed by atoms with Crippen LogP contribution in [0.3, 0.4) is 0 Å². The van der Waals surface area contributed by atoms with E-state index in [4.69, 9.17) is 14.2 Å². The van der Waals surface area contributed by atoms with Gasteiger partial charge in [-0.1, -0.05) is 57.7 Å². The van der Waals surface area contributed by atoms with Gasteiger partial charge in [0, 0.05) is 6.42 Å². The molecule has 0 spiro atoms. The van der Waals surface area contributed by atoms with Crippen molar-refractivity contribution in [3.63, 3.8) is 0 Å². The summed E-state index contributed by atoms with van der Waals surface area (Å²) in [4.78, 5) is 11.7. The van der Waals surface area contributed by atoms with E-state index in [0.717, 1.165) is 13.5 Å². The smallest absolute Gasteiger partial charge is 0.291 e. The molecule has 0 saturated heterocycles. The molecule has 176 valence electrons. The summed E-state index contributed by atoms with van der Waals surface area (Å²) in [5, 5.41) is 0. The van der Waals surface area contributed by atoms with Crippen LogP contribution in [-0.4, -0.2) is 46.8 Å². The lowest BCUT2D eigenvalue weighted by Crippen LogP contribution is -2.26. The fraction of sp³-hybridized carbons (Fsp3) is 0.609. The van der Waals surface area contributed by atoms with Gasteiger partial charge in [-0.15, -0.1) is 0 Å². The molecular weight excluding hydrogens is 420 g/mol. The van der Waals surface area contributed by atoms with Crippen LogP contribution in [0.2, 0.25) is 0 Å². The standard InChI is InChI=1S/C23H36O7S/c1-4-6-7-8-9-10-11-20-12-14-22(15-13-20)29-17-23(16-21(24)5-2)30-18-28-19-31(25,26)27-3/h5,12-15,23H,2,4,6-11,16-19H2,1,3H3.